The molecular weight excluding hydrogens is 174 g/mol. The predicted octanol–water partition coefficient (Wildman–Crippen LogP) is 2.62. The third kappa shape index (κ3) is 1.84. The number of nitrogens with zero attached hydrogens (tertiary/aromatic N) is 1. The van der Waals surface area contributed by atoms with Gasteiger partial charge in [0.25, 0.3) is 0 Å². The van der Waals surface area contributed by atoms with Crippen LogP contribution >= 0.6 is 0 Å². The monoisotopic (exact) mass is 189 g/mol. The fraction of sp³-hybridized carbons (Fsp3) is 0.500. The summed E-state index contributed by atoms with van der Waals surface area (Å²) in [6, 6.07) is 2.05. The normalized spacial score (nSPS) is 22.4. The molecule has 0 N–H and O–H groups in total. The number of ketones is 1. The smallest absolute Gasteiger partial charge is 0.133 e. The number of aryl methyl sites for hydroxylation is 1. The molecule has 0 bridgehead atoms. The van der Waals surface area contributed by atoms with Crippen molar-refractivity contribution in [3.05, 3.63) is 29.6 Å². The minimum Gasteiger partial charge on any atom is -0.300 e. The van der Waals surface area contributed by atoms with Crippen LogP contribution < -0.4 is 0 Å². The molecule has 1 aliphatic rings. The van der Waals surface area contributed by atoms with Gasteiger partial charge in [0.2, 0.25) is 0 Å². The Bertz CT molecular complexity index is 346. The van der Waals surface area contributed by atoms with Crippen molar-refractivity contribution in [3.63, 3.8) is 0 Å². The van der Waals surface area contributed by atoms with E-state index in [2.05, 4.69) is 18.0 Å². The van der Waals surface area contributed by atoms with Crippen molar-refractivity contribution in [2.24, 2.45) is 0 Å². The molecular formula is C12H15NO. The quantitative estimate of drug-likeness (QED) is 0.679. The Balaban J connectivity index is 2.22. The maximum atomic E-state index is 11.3. The van der Waals surface area contributed by atoms with Crippen LogP contribution in [0.3, 0.4) is 0 Å². The van der Waals surface area contributed by atoms with E-state index in [1.165, 1.54) is 11.1 Å². The molecule has 0 aromatic carbocycles. The van der Waals surface area contributed by atoms with Gasteiger partial charge in [-0.3, -0.25) is 9.78 Å². The molecule has 1 heterocycles. The third-order valence-electron chi connectivity index (χ3n) is 2.99. The highest BCUT2D eigenvalue weighted by molar-refractivity contribution is 5.80. The van der Waals surface area contributed by atoms with E-state index in [1.807, 2.05) is 12.4 Å². The van der Waals surface area contributed by atoms with E-state index in [9.17, 15) is 4.79 Å². The van der Waals surface area contributed by atoms with Crippen LogP contribution in [0.5, 0.6) is 0 Å². The van der Waals surface area contributed by atoms with Crippen LogP contribution in [0, 0.1) is 6.92 Å². The molecule has 1 aliphatic carbocycles. The minimum atomic E-state index is 0.414. The first-order chi connectivity index (χ1) is 6.77. The minimum absolute atomic E-state index is 0.414. The molecule has 2 nitrogen and oxygen atoms in total. The Labute approximate surface area is 84.4 Å². The van der Waals surface area contributed by atoms with E-state index >= 15 is 0 Å². The molecule has 1 unspecified atom stereocenters. The van der Waals surface area contributed by atoms with Gasteiger partial charge in [-0.25, -0.2) is 0 Å². The second kappa shape index (κ2) is 3.91. The molecule has 1 atom stereocenters. The zero-order chi connectivity index (χ0) is 9.97. The molecule has 2 rings (SSSR count). The van der Waals surface area contributed by atoms with E-state index in [1.54, 1.807) is 0 Å². The average Bonchev–Trinajstić information content (AvgIpc) is 2.18. The van der Waals surface area contributed by atoms with Crippen LogP contribution in [0.4, 0.5) is 0 Å². The highest BCUT2D eigenvalue weighted by Crippen LogP contribution is 2.32. The summed E-state index contributed by atoms with van der Waals surface area (Å²) < 4.78 is 0. The van der Waals surface area contributed by atoms with Gasteiger partial charge in [0.15, 0.2) is 0 Å². The molecule has 0 radical (unpaired) electrons. The Morgan fingerprint density at radius 3 is 3.07 bits per heavy atom. The van der Waals surface area contributed by atoms with Gasteiger partial charge < -0.3 is 0 Å². The Hall–Kier alpha value is -1.18. The molecule has 0 amide bonds. The van der Waals surface area contributed by atoms with Gasteiger partial charge in [-0.2, -0.15) is 0 Å². The first kappa shape index (κ1) is 9.38. The maximum absolute atomic E-state index is 11.3. The molecule has 1 saturated carbocycles. The van der Waals surface area contributed by atoms with Gasteiger partial charge in [-0.1, -0.05) is 0 Å². The SMILES string of the molecule is Cc1cnccc1C1CCCC(=O)C1. The number of hydrogen-bond donors (Lipinski definition) is 0. The molecule has 0 spiro atoms. The van der Waals surface area contributed by atoms with Crippen molar-refractivity contribution in [1.29, 1.82) is 0 Å². The van der Waals surface area contributed by atoms with Crippen LogP contribution in [0.15, 0.2) is 18.5 Å². The van der Waals surface area contributed by atoms with Gasteiger partial charge in [-0.05, 0) is 42.9 Å². The number of Topliss-reactive ketones (excluding diaryl/α,β-unsaturated/α-hetero) is 1. The number of pyridine rings is 1. The Morgan fingerprint density at radius 2 is 2.36 bits per heavy atom. The van der Waals surface area contributed by atoms with Gasteiger partial charge >= 0.3 is 0 Å². The largest absolute Gasteiger partial charge is 0.300 e. The zero-order valence-electron chi connectivity index (χ0n) is 8.49. The average molecular weight is 189 g/mol. The predicted molar refractivity (Wildman–Crippen MR) is 55.2 cm³/mol. The van der Waals surface area contributed by atoms with Crippen molar-refractivity contribution in [1.82, 2.24) is 4.98 Å². The number of aromatic nitrogens is 1. The van der Waals surface area contributed by atoms with E-state index in [4.69, 9.17) is 0 Å². The zero-order valence-corrected chi connectivity index (χ0v) is 8.49. The topological polar surface area (TPSA) is 30.0 Å². The van der Waals surface area contributed by atoms with Crippen LogP contribution in [0.2, 0.25) is 0 Å². The highest BCUT2D eigenvalue weighted by atomic mass is 16.1. The van der Waals surface area contributed by atoms with Gasteiger partial charge in [0.1, 0.15) is 5.78 Å². The highest BCUT2D eigenvalue weighted by Gasteiger charge is 2.21. The molecule has 1 fully saturated rings. The number of carbonyl (C=O) groups excluding carboxylic acids is 1. The second-order valence-electron chi connectivity index (χ2n) is 4.06. The molecule has 74 valence electrons. The Kier molecular flexibility index (Phi) is 2.62. The summed E-state index contributed by atoms with van der Waals surface area (Å²) in [5.41, 5.74) is 2.53. The lowest BCUT2D eigenvalue weighted by molar-refractivity contribution is -0.120. The van der Waals surface area contributed by atoms with Crippen LogP contribution in [-0.2, 0) is 4.79 Å². The van der Waals surface area contributed by atoms with Crippen LogP contribution in [-0.4, -0.2) is 10.8 Å². The molecule has 2 heteroatoms. The summed E-state index contributed by atoms with van der Waals surface area (Å²) in [5.74, 6) is 0.858. The fourth-order valence-electron chi connectivity index (χ4n) is 2.23. The van der Waals surface area contributed by atoms with Crippen molar-refractivity contribution >= 4 is 5.78 Å². The van der Waals surface area contributed by atoms with Crippen molar-refractivity contribution in [3.8, 4) is 0 Å². The number of hydrogen-bond acceptors (Lipinski definition) is 2. The summed E-state index contributed by atoms with van der Waals surface area (Å²) in [6.07, 6.45) is 7.41. The van der Waals surface area contributed by atoms with Crippen molar-refractivity contribution < 1.29 is 4.79 Å². The van der Waals surface area contributed by atoms with Gasteiger partial charge in [-0.15, -0.1) is 0 Å². The standard InChI is InChI=1S/C12H15NO/c1-9-8-13-6-5-12(9)10-3-2-4-11(14)7-10/h5-6,8,10H,2-4,7H2,1H3. The number of carbonyl (C=O) groups is 1. The molecule has 1 aromatic rings. The van der Waals surface area contributed by atoms with Crippen molar-refractivity contribution in [2.75, 3.05) is 0 Å². The van der Waals surface area contributed by atoms with E-state index in [-0.39, 0.29) is 0 Å². The molecule has 14 heavy (non-hydrogen) atoms. The van der Waals surface area contributed by atoms with Gasteiger partial charge in [0, 0.05) is 25.2 Å². The van der Waals surface area contributed by atoms with Crippen LogP contribution in [0.1, 0.15) is 42.7 Å². The summed E-state index contributed by atoms with van der Waals surface area (Å²) in [4.78, 5) is 15.4. The Morgan fingerprint density at radius 1 is 1.50 bits per heavy atom. The summed E-state index contributed by atoms with van der Waals surface area (Å²) in [6.45, 7) is 2.07. The van der Waals surface area contributed by atoms with E-state index in [0.717, 1.165) is 25.7 Å². The number of rotatable bonds is 1. The first-order valence-electron chi connectivity index (χ1n) is 5.19. The summed E-state index contributed by atoms with van der Waals surface area (Å²) in [5, 5.41) is 0. The summed E-state index contributed by atoms with van der Waals surface area (Å²) >= 11 is 0. The van der Waals surface area contributed by atoms with E-state index in [0.29, 0.717) is 11.7 Å². The lowest BCUT2D eigenvalue weighted by Gasteiger charge is -2.22. The lowest BCUT2D eigenvalue weighted by Crippen LogP contribution is -2.14. The molecule has 1 aromatic heterocycles. The lowest BCUT2D eigenvalue weighted by atomic mass is 9.82. The molecule has 0 aliphatic heterocycles. The molecule has 0 saturated heterocycles. The first-order valence-corrected chi connectivity index (χ1v) is 5.19. The van der Waals surface area contributed by atoms with Gasteiger partial charge in [0.05, 0.1) is 0 Å². The van der Waals surface area contributed by atoms with Crippen molar-refractivity contribution in [2.45, 2.75) is 38.5 Å². The fourth-order valence-corrected chi connectivity index (χ4v) is 2.23. The van der Waals surface area contributed by atoms with E-state index < -0.39 is 0 Å². The maximum Gasteiger partial charge on any atom is 0.133 e. The summed E-state index contributed by atoms with van der Waals surface area (Å²) in [7, 11) is 0. The second-order valence-corrected chi connectivity index (χ2v) is 4.06. The van der Waals surface area contributed by atoms with Crippen LogP contribution in [0.25, 0.3) is 0 Å². The third-order valence-corrected chi connectivity index (χ3v) is 2.99.